The molecule has 136 valence electrons. The van der Waals surface area contributed by atoms with Gasteiger partial charge < -0.3 is 4.43 Å². The van der Waals surface area contributed by atoms with Crippen molar-refractivity contribution in [3.8, 4) is 11.1 Å². The van der Waals surface area contributed by atoms with Gasteiger partial charge in [0, 0.05) is 0 Å². The minimum Gasteiger partial charge on any atom is -0.406 e. The molecule has 1 nitrogen and oxygen atoms in total. The Morgan fingerprint density at radius 1 is 0.808 bits per heavy atom. The van der Waals surface area contributed by atoms with Crippen molar-refractivity contribution in [3.05, 3.63) is 82.6 Å². The van der Waals surface area contributed by atoms with Crippen molar-refractivity contribution in [2.45, 2.75) is 45.0 Å². The summed E-state index contributed by atoms with van der Waals surface area (Å²) in [4.78, 5) is 0. The lowest BCUT2D eigenvalue weighted by Gasteiger charge is -2.39. The highest BCUT2D eigenvalue weighted by molar-refractivity contribution is 7.08. The molecule has 0 aliphatic rings. The van der Waals surface area contributed by atoms with E-state index in [1.54, 1.807) is 11.3 Å². The molecule has 0 fully saturated rings. The molecule has 3 aromatic rings. The zero-order valence-corrected chi connectivity index (χ0v) is 18.1. The second-order valence-corrected chi connectivity index (χ2v) is 13.8. The van der Waals surface area contributed by atoms with Crippen LogP contribution in [-0.2, 0) is 4.43 Å². The molecule has 0 bridgehead atoms. The van der Waals surface area contributed by atoms with Gasteiger partial charge in [-0.05, 0) is 57.2 Å². The highest BCUT2D eigenvalue weighted by Gasteiger charge is 2.39. The summed E-state index contributed by atoms with van der Waals surface area (Å²) in [5.41, 5.74) is 4.98. The molecule has 0 amide bonds. The van der Waals surface area contributed by atoms with E-state index in [9.17, 15) is 0 Å². The lowest BCUT2D eigenvalue weighted by molar-refractivity contribution is 0.222. The molecular weight excluding hydrogens is 352 g/mol. The van der Waals surface area contributed by atoms with Gasteiger partial charge in [0.05, 0.1) is 6.10 Å². The van der Waals surface area contributed by atoms with Crippen LogP contribution < -0.4 is 0 Å². The van der Waals surface area contributed by atoms with Crippen LogP contribution in [0.4, 0.5) is 0 Å². The first-order valence-corrected chi connectivity index (χ1v) is 13.0. The minimum atomic E-state index is -1.90. The first-order valence-electron chi connectivity index (χ1n) is 9.13. The first-order chi connectivity index (χ1) is 12.3. The van der Waals surface area contributed by atoms with Gasteiger partial charge >= 0.3 is 0 Å². The van der Waals surface area contributed by atoms with Gasteiger partial charge in [-0.1, -0.05) is 75.4 Å². The number of hydrogen-bond acceptors (Lipinski definition) is 2. The Kier molecular flexibility index (Phi) is 5.52. The summed E-state index contributed by atoms with van der Waals surface area (Å²) in [6.45, 7) is 11.5. The summed E-state index contributed by atoms with van der Waals surface area (Å²) in [5.74, 6) is 0. The van der Waals surface area contributed by atoms with E-state index in [-0.39, 0.29) is 11.1 Å². The van der Waals surface area contributed by atoms with E-state index in [1.165, 1.54) is 22.3 Å². The van der Waals surface area contributed by atoms with E-state index in [4.69, 9.17) is 4.43 Å². The molecule has 0 saturated heterocycles. The standard InChI is InChI=1S/C23H28OSSi/c1-23(2,3)26(4,5)24-22(19-9-7-6-8-10-19)20-13-11-18(12-14-20)21-15-16-25-17-21/h6-17,22H,1-5H3. The van der Waals surface area contributed by atoms with Crippen LogP contribution in [0.1, 0.15) is 38.0 Å². The molecule has 0 saturated carbocycles. The molecule has 3 heteroatoms. The van der Waals surface area contributed by atoms with Crippen molar-refractivity contribution in [1.82, 2.24) is 0 Å². The summed E-state index contributed by atoms with van der Waals surface area (Å²) in [7, 11) is -1.90. The van der Waals surface area contributed by atoms with Crippen LogP contribution in [-0.4, -0.2) is 8.32 Å². The molecule has 3 rings (SSSR count). The number of rotatable bonds is 5. The van der Waals surface area contributed by atoms with Crippen molar-refractivity contribution >= 4 is 19.7 Å². The van der Waals surface area contributed by atoms with Gasteiger partial charge in [-0.15, -0.1) is 0 Å². The van der Waals surface area contributed by atoms with Crippen molar-refractivity contribution in [3.63, 3.8) is 0 Å². The van der Waals surface area contributed by atoms with Gasteiger partial charge in [-0.3, -0.25) is 0 Å². The van der Waals surface area contributed by atoms with Gasteiger partial charge in [0.1, 0.15) is 0 Å². The lowest BCUT2D eigenvalue weighted by Crippen LogP contribution is -2.42. The summed E-state index contributed by atoms with van der Waals surface area (Å²) in [6.07, 6.45) is -0.0198. The predicted octanol–water partition coefficient (Wildman–Crippen LogP) is 7.53. The molecule has 1 atom stereocenters. The van der Waals surface area contributed by atoms with Gasteiger partial charge in [0.25, 0.3) is 0 Å². The molecule has 0 N–H and O–H groups in total. The fraction of sp³-hybridized carbons (Fsp3) is 0.304. The summed E-state index contributed by atoms with van der Waals surface area (Å²) >= 11 is 1.73. The highest BCUT2D eigenvalue weighted by Crippen LogP contribution is 2.41. The van der Waals surface area contributed by atoms with Crippen molar-refractivity contribution < 1.29 is 4.43 Å². The monoisotopic (exact) mass is 380 g/mol. The SMILES string of the molecule is CC(C)(C)[Si](C)(C)OC(c1ccccc1)c1ccc(-c2ccsc2)cc1. The minimum absolute atomic E-state index is 0.0198. The molecule has 0 radical (unpaired) electrons. The largest absolute Gasteiger partial charge is 0.406 e. The maximum absolute atomic E-state index is 6.85. The van der Waals surface area contributed by atoms with Gasteiger partial charge in [0.15, 0.2) is 8.32 Å². The topological polar surface area (TPSA) is 9.23 Å². The number of hydrogen-bond donors (Lipinski definition) is 0. The average molecular weight is 381 g/mol. The molecule has 1 unspecified atom stereocenters. The molecule has 0 aliphatic carbocycles. The Morgan fingerprint density at radius 2 is 1.42 bits per heavy atom. The van der Waals surface area contributed by atoms with Gasteiger partial charge in [-0.25, -0.2) is 0 Å². The third-order valence-electron chi connectivity index (χ3n) is 5.39. The van der Waals surface area contributed by atoms with Crippen molar-refractivity contribution in [1.29, 1.82) is 0 Å². The Labute approximate surface area is 162 Å². The van der Waals surface area contributed by atoms with E-state index in [2.05, 4.69) is 105 Å². The Balaban J connectivity index is 1.96. The lowest BCUT2D eigenvalue weighted by atomic mass is 9.99. The normalized spacial score (nSPS) is 13.6. The Morgan fingerprint density at radius 3 is 1.96 bits per heavy atom. The van der Waals surface area contributed by atoms with Crippen molar-refractivity contribution in [2.24, 2.45) is 0 Å². The predicted molar refractivity (Wildman–Crippen MR) is 116 cm³/mol. The zero-order valence-electron chi connectivity index (χ0n) is 16.3. The van der Waals surface area contributed by atoms with Crippen LogP contribution in [0.25, 0.3) is 11.1 Å². The fourth-order valence-corrected chi connectivity index (χ4v) is 4.59. The van der Waals surface area contributed by atoms with Crippen LogP contribution in [0.15, 0.2) is 71.4 Å². The molecular formula is C23H28OSSi. The van der Waals surface area contributed by atoms with Crippen LogP contribution in [0.5, 0.6) is 0 Å². The fourth-order valence-electron chi connectivity index (χ4n) is 2.71. The van der Waals surface area contributed by atoms with Crippen LogP contribution in [0.3, 0.4) is 0 Å². The highest BCUT2D eigenvalue weighted by atomic mass is 32.1. The van der Waals surface area contributed by atoms with E-state index < -0.39 is 8.32 Å². The Hall–Kier alpha value is -1.68. The second-order valence-electron chi connectivity index (χ2n) is 8.30. The summed E-state index contributed by atoms with van der Waals surface area (Å²) < 4.78 is 6.85. The van der Waals surface area contributed by atoms with Gasteiger partial charge in [0.2, 0.25) is 0 Å². The number of thiophene rings is 1. The maximum Gasteiger partial charge on any atom is 0.193 e. The van der Waals surface area contributed by atoms with E-state index >= 15 is 0 Å². The third-order valence-corrected chi connectivity index (χ3v) is 10.5. The smallest absolute Gasteiger partial charge is 0.193 e. The van der Waals surface area contributed by atoms with Crippen LogP contribution in [0, 0.1) is 0 Å². The van der Waals surface area contributed by atoms with E-state index in [0.29, 0.717) is 0 Å². The Bertz CT molecular complexity index is 815. The molecule has 1 aromatic heterocycles. The molecule has 0 spiro atoms. The average Bonchev–Trinajstić information content (AvgIpc) is 3.14. The quantitative estimate of drug-likeness (QED) is 0.416. The molecule has 26 heavy (non-hydrogen) atoms. The summed E-state index contributed by atoms with van der Waals surface area (Å²) in [5, 5.41) is 4.49. The second kappa shape index (κ2) is 7.51. The number of benzene rings is 2. The molecule has 0 aliphatic heterocycles. The van der Waals surface area contributed by atoms with Gasteiger partial charge in [-0.2, -0.15) is 11.3 Å². The van der Waals surface area contributed by atoms with Crippen LogP contribution in [0.2, 0.25) is 18.1 Å². The molecule has 1 heterocycles. The third kappa shape index (κ3) is 4.17. The first kappa shape index (κ1) is 19.1. The van der Waals surface area contributed by atoms with Crippen molar-refractivity contribution in [2.75, 3.05) is 0 Å². The van der Waals surface area contributed by atoms with E-state index in [0.717, 1.165) is 0 Å². The van der Waals surface area contributed by atoms with E-state index in [1.807, 2.05) is 0 Å². The zero-order chi connectivity index (χ0) is 18.8. The maximum atomic E-state index is 6.85. The summed E-state index contributed by atoms with van der Waals surface area (Å²) in [6, 6.07) is 21.6. The molecule has 2 aromatic carbocycles. The van der Waals surface area contributed by atoms with Crippen LogP contribution >= 0.6 is 11.3 Å².